The topological polar surface area (TPSA) is 61.5 Å². The standard InChI is InChI=1S/C10H21NO3/c1-8(2)7-9(11)10(12)14-6-4-5-13-3/h8-9H,4-7,11H2,1-3H3. The minimum Gasteiger partial charge on any atom is -0.464 e. The largest absolute Gasteiger partial charge is 0.464 e. The smallest absolute Gasteiger partial charge is 0.322 e. The Hall–Kier alpha value is -0.610. The molecule has 0 bridgehead atoms. The van der Waals surface area contributed by atoms with Crippen LogP contribution >= 0.6 is 0 Å². The Bertz CT molecular complexity index is 159. The molecular weight excluding hydrogens is 182 g/mol. The van der Waals surface area contributed by atoms with Crippen LogP contribution < -0.4 is 5.73 Å². The molecule has 0 radical (unpaired) electrons. The summed E-state index contributed by atoms with van der Waals surface area (Å²) in [5.41, 5.74) is 5.63. The third-order valence-corrected chi connectivity index (χ3v) is 1.77. The number of hydrogen-bond acceptors (Lipinski definition) is 4. The van der Waals surface area contributed by atoms with Crippen molar-refractivity contribution in [3.05, 3.63) is 0 Å². The molecule has 0 saturated carbocycles. The van der Waals surface area contributed by atoms with E-state index < -0.39 is 6.04 Å². The van der Waals surface area contributed by atoms with Crippen molar-refractivity contribution < 1.29 is 14.3 Å². The molecule has 0 aliphatic carbocycles. The monoisotopic (exact) mass is 203 g/mol. The average Bonchev–Trinajstić information content (AvgIpc) is 2.11. The second kappa shape index (κ2) is 7.76. The van der Waals surface area contributed by atoms with Crippen LogP contribution in [0.1, 0.15) is 26.7 Å². The summed E-state index contributed by atoms with van der Waals surface area (Å²) < 4.78 is 9.79. The molecule has 14 heavy (non-hydrogen) atoms. The van der Waals surface area contributed by atoms with Crippen LogP contribution in [0.3, 0.4) is 0 Å². The Morgan fingerprint density at radius 3 is 2.50 bits per heavy atom. The van der Waals surface area contributed by atoms with Gasteiger partial charge in [0.15, 0.2) is 0 Å². The van der Waals surface area contributed by atoms with E-state index in [0.717, 1.165) is 6.42 Å². The van der Waals surface area contributed by atoms with E-state index in [1.54, 1.807) is 7.11 Å². The molecule has 4 nitrogen and oxygen atoms in total. The van der Waals surface area contributed by atoms with Crippen molar-refractivity contribution in [2.75, 3.05) is 20.3 Å². The number of carbonyl (C=O) groups excluding carboxylic acids is 1. The molecule has 0 saturated heterocycles. The fourth-order valence-corrected chi connectivity index (χ4v) is 1.09. The number of esters is 1. The maximum Gasteiger partial charge on any atom is 0.322 e. The van der Waals surface area contributed by atoms with Gasteiger partial charge in [0.2, 0.25) is 0 Å². The van der Waals surface area contributed by atoms with E-state index in [4.69, 9.17) is 15.2 Å². The van der Waals surface area contributed by atoms with Gasteiger partial charge < -0.3 is 15.2 Å². The highest BCUT2D eigenvalue weighted by Crippen LogP contribution is 2.04. The van der Waals surface area contributed by atoms with Gasteiger partial charge in [-0.2, -0.15) is 0 Å². The molecule has 0 aromatic rings. The lowest BCUT2D eigenvalue weighted by Gasteiger charge is -2.13. The molecule has 4 heteroatoms. The lowest BCUT2D eigenvalue weighted by Crippen LogP contribution is -2.33. The number of ether oxygens (including phenoxy) is 2. The molecule has 1 unspecified atom stereocenters. The normalized spacial score (nSPS) is 12.9. The van der Waals surface area contributed by atoms with Crippen LogP contribution in [0.25, 0.3) is 0 Å². The summed E-state index contributed by atoms with van der Waals surface area (Å²) in [6.07, 6.45) is 1.39. The summed E-state index contributed by atoms with van der Waals surface area (Å²) in [5, 5.41) is 0. The number of nitrogens with two attached hydrogens (primary N) is 1. The van der Waals surface area contributed by atoms with Gasteiger partial charge in [0, 0.05) is 20.1 Å². The van der Waals surface area contributed by atoms with Gasteiger partial charge in [0.05, 0.1) is 6.61 Å². The average molecular weight is 203 g/mol. The Balaban J connectivity index is 3.52. The van der Waals surface area contributed by atoms with Crippen molar-refractivity contribution in [1.29, 1.82) is 0 Å². The maximum atomic E-state index is 11.3. The van der Waals surface area contributed by atoms with Gasteiger partial charge >= 0.3 is 5.97 Å². The molecule has 0 aromatic carbocycles. The van der Waals surface area contributed by atoms with Crippen LogP contribution in [0, 0.1) is 5.92 Å². The van der Waals surface area contributed by atoms with Crippen molar-refractivity contribution >= 4 is 5.97 Å². The molecule has 84 valence electrons. The first kappa shape index (κ1) is 13.4. The van der Waals surface area contributed by atoms with Crippen LogP contribution in [-0.4, -0.2) is 32.3 Å². The van der Waals surface area contributed by atoms with E-state index in [0.29, 0.717) is 25.6 Å². The van der Waals surface area contributed by atoms with Crippen molar-refractivity contribution in [2.45, 2.75) is 32.7 Å². The van der Waals surface area contributed by atoms with Crippen LogP contribution in [0.15, 0.2) is 0 Å². The second-order valence-electron chi connectivity index (χ2n) is 3.75. The van der Waals surface area contributed by atoms with Crippen LogP contribution in [0.4, 0.5) is 0 Å². The predicted molar refractivity (Wildman–Crippen MR) is 54.9 cm³/mol. The molecule has 0 aliphatic rings. The molecule has 0 fully saturated rings. The molecule has 0 aromatic heterocycles. The minimum absolute atomic E-state index is 0.310. The van der Waals surface area contributed by atoms with E-state index in [-0.39, 0.29) is 5.97 Å². The summed E-state index contributed by atoms with van der Waals surface area (Å²) in [6, 6.07) is -0.488. The van der Waals surface area contributed by atoms with Crippen LogP contribution in [0.2, 0.25) is 0 Å². The number of methoxy groups -OCH3 is 1. The van der Waals surface area contributed by atoms with E-state index in [2.05, 4.69) is 0 Å². The molecule has 0 heterocycles. The Labute approximate surface area is 85.8 Å². The molecule has 0 spiro atoms. The van der Waals surface area contributed by atoms with Crippen molar-refractivity contribution in [3.63, 3.8) is 0 Å². The molecule has 0 amide bonds. The maximum absolute atomic E-state index is 11.3. The zero-order chi connectivity index (χ0) is 11.0. The van der Waals surface area contributed by atoms with E-state index in [1.165, 1.54) is 0 Å². The van der Waals surface area contributed by atoms with Gasteiger partial charge in [-0.1, -0.05) is 13.8 Å². The zero-order valence-electron chi connectivity index (χ0n) is 9.29. The number of hydrogen-bond donors (Lipinski definition) is 1. The third-order valence-electron chi connectivity index (χ3n) is 1.77. The molecule has 1 atom stereocenters. The van der Waals surface area contributed by atoms with E-state index >= 15 is 0 Å². The van der Waals surface area contributed by atoms with Crippen molar-refractivity contribution in [3.8, 4) is 0 Å². The Morgan fingerprint density at radius 1 is 1.36 bits per heavy atom. The Morgan fingerprint density at radius 2 is 2.00 bits per heavy atom. The molecular formula is C10H21NO3. The summed E-state index contributed by atoms with van der Waals surface area (Å²) in [5.74, 6) is 0.103. The van der Waals surface area contributed by atoms with Gasteiger partial charge in [-0.15, -0.1) is 0 Å². The number of rotatable bonds is 7. The minimum atomic E-state index is -0.488. The first-order chi connectivity index (χ1) is 6.57. The highest BCUT2D eigenvalue weighted by Gasteiger charge is 2.15. The lowest BCUT2D eigenvalue weighted by molar-refractivity contribution is -0.145. The quantitative estimate of drug-likeness (QED) is 0.494. The highest BCUT2D eigenvalue weighted by molar-refractivity contribution is 5.75. The van der Waals surface area contributed by atoms with Gasteiger partial charge in [0.1, 0.15) is 6.04 Å². The lowest BCUT2D eigenvalue weighted by atomic mass is 10.1. The molecule has 0 rings (SSSR count). The summed E-state index contributed by atoms with van der Waals surface area (Å²) in [4.78, 5) is 11.3. The van der Waals surface area contributed by atoms with Gasteiger partial charge in [-0.3, -0.25) is 4.79 Å². The zero-order valence-corrected chi connectivity index (χ0v) is 9.29. The summed E-state index contributed by atoms with van der Waals surface area (Å²) >= 11 is 0. The molecule has 2 N–H and O–H groups in total. The fourth-order valence-electron chi connectivity index (χ4n) is 1.09. The summed E-state index contributed by atoms with van der Waals surface area (Å²) in [6.45, 7) is 5.04. The Kier molecular flexibility index (Phi) is 7.42. The SMILES string of the molecule is COCCCOC(=O)C(N)CC(C)C. The van der Waals surface area contributed by atoms with Crippen LogP contribution in [0.5, 0.6) is 0 Å². The third kappa shape index (κ3) is 6.86. The van der Waals surface area contributed by atoms with Crippen molar-refractivity contribution in [2.24, 2.45) is 11.7 Å². The first-order valence-corrected chi connectivity index (χ1v) is 4.99. The second-order valence-corrected chi connectivity index (χ2v) is 3.75. The van der Waals surface area contributed by atoms with Gasteiger partial charge in [-0.25, -0.2) is 0 Å². The predicted octanol–water partition coefficient (Wildman–Crippen LogP) is 0.939. The van der Waals surface area contributed by atoms with Gasteiger partial charge in [0.25, 0.3) is 0 Å². The van der Waals surface area contributed by atoms with Gasteiger partial charge in [-0.05, 0) is 12.3 Å². The fraction of sp³-hybridized carbons (Fsp3) is 0.900. The molecule has 0 aliphatic heterocycles. The number of carbonyl (C=O) groups is 1. The van der Waals surface area contributed by atoms with Crippen molar-refractivity contribution in [1.82, 2.24) is 0 Å². The highest BCUT2D eigenvalue weighted by atomic mass is 16.5. The summed E-state index contributed by atoms with van der Waals surface area (Å²) in [7, 11) is 1.62. The van der Waals surface area contributed by atoms with E-state index in [1.807, 2.05) is 13.8 Å². The first-order valence-electron chi connectivity index (χ1n) is 4.99. The van der Waals surface area contributed by atoms with E-state index in [9.17, 15) is 4.79 Å². The van der Waals surface area contributed by atoms with Crippen LogP contribution in [-0.2, 0) is 14.3 Å².